The fraction of sp³-hybridized carbons (Fsp3) is 0.840. The van der Waals surface area contributed by atoms with Crippen LogP contribution < -0.4 is 0 Å². The number of aliphatic hydroxyl groups excluding tert-OH is 2. The van der Waals surface area contributed by atoms with E-state index in [1.54, 1.807) is 64.0 Å². The van der Waals surface area contributed by atoms with Crippen molar-refractivity contribution < 1.29 is 76.5 Å². The maximum absolute atomic E-state index is 11.3. The molecule has 0 saturated carbocycles. The number of epoxide rings is 2. The number of hydrogen-bond donors (Lipinski definition) is 2. The summed E-state index contributed by atoms with van der Waals surface area (Å²) in [6, 6.07) is 0. The van der Waals surface area contributed by atoms with Gasteiger partial charge in [-0.1, -0.05) is 71.1 Å². The summed E-state index contributed by atoms with van der Waals surface area (Å²) in [4.78, 5) is 0. The molecule has 0 spiro atoms. The highest BCUT2D eigenvalue weighted by Crippen LogP contribution is 2.40. The Morgan fingerprint density at radius 1 is 0.515 bits per heavy atom. The van der Waals surface area contributed by atoms with Gasteiger partial charge in [0.15, 0.2) is 12.6 Å². The van der Waals surface area contributed by atoms with Gasteiger partial charge in [0.2, 0.25) is 0 Å². The first kappa shape index (κ1) is 56.9. The van der Waals surface area contributed by atoms with Gasteiger partial charge in [-0.2, -0.15) is 0 Å². The molecule has 0 aromatic rings. The standard InChI is InChI=1S/C50H86O16/c1-17-33(53-8)31(6)39-41(63-39)35(51)27(2)22-19-24-30(5)38-44(56-11)46(48(59-14)50(61-16)66-38)62-26-20-25-34(54-9)32(7)40-42(64-40)36(52)28(3)21-18-23-29(4)37-43(55-10)45(57-12)47(58-13)49(60-15)65-37/h18-19,21-24,27-28,31-52H,17,20,25-26H2,1-16H3/b21-18+,22-19+,29-23+,30-24+/t27-,28-,31+,32+,33-,34-,35+,36+,37-,38-,39+,40+,41+,42+,43+,44+,45-,46-,47+,48+,49+,50-/m0/s1. The lowest BCUT2D eigenvalue weighted by Crippen LogP contribution is -2.60. The minimum Gasteiger partial charge on any atom is -0.390 e. The van der Waals surface area contributed by atoms with Crippen molar-refractivity contribution >= 4 is 0 Å². The first-order valence-corrected chi connectivity index (χ1v) is 23.7. The Balaban J connectivity index is 1.29. The average Bonchev–Trinajstić information content (AvgIpc) is 4.28. The van der Waals surface area contributed by atoms with Gasteiger partial charge in [-0.05, 0) is 44.3 Å². The smallest absolute Gasteiger partial charge is 0.186 e. The molecule has 4 fully saturated rings. The summed E-state index contributed by atoms with van der Waals surface area (Å²) in [7, 11) is 14.7. The number of allylic oxidation sites excluding steroid dienone is 4. The van der Waals surface area contributed by atoms with Crippen molar-refractivity contribution in [2.75, 3.05) is 70.6 Å². The Labute approximate surface area is 395 Å². The summed E-state index contributed by atoms with van der Waals surface area (Å²) in [6.45, 7) is 14.6. The summed E-state index contributed by atoms with van der Waals surface area (Å²) in [6.07, 6.45) is 6.98. The van der Waals surface area contributed by atoms with Crippen molar-refractivity contribution in [2.45, 2.75) is 178 Å². The molecule has 22 atom stereocenters. The number of methoxy groups -OCH3 is 9. The van der Waals surface area contributed by atoms with Gasteiger partial charge in [-0.15, -0.1) is 0 Å². The van der Waals surface area contributed by atoms with Crippen LogP contribution in [0.5, 0.6) is 0 Å². The second kappa shape index (κ2) is 27.6. The molecule has 66 heavy (non-hydrogen) atoms. The van der Waals surface area contributed by atoms with Crippen LogP contribution in [0.4, 0.5) is 0 Å². The summed E-state index contributed by atoms with van der Waals surface area (Å²) >= 11 is 0. The third-order valence-electron chi connectivity index (χ3n) is 14.3. The molecular formula is C50H86O16. The highest BCUT2D eigenvalue weighted by Gasteiger charge is 2.53. The van der Waals surface area contributed by atoms with E-state index in [-0.39, 0.29) is 60.3 Å². The largest absolute Gasteiger partial charge is 0.390 e. The number of ether oxygens (including phenoxy) is 14. The lowest BCUT2D eigenvalue weighted by Gasteiger charge is -2.45. The van der Waals surface area contributed by atoms with Crippen LogP contribution in [0.2, 0.25) is 0 Å². The minimum atomic E-state index is -0.705. The molecule has 4 heterocycles. The van der Waals surface area contributed by atoms with Crippen LogP contribution in [0.1, 0.15) is 67.7 Å². The molecule has 0 amide bonds. The zero-order valence-corrected chi connectivity index (χ0v) is 42.6. The molecular weight excluding hydrogens is 857 g/mol. The van der Waals surface area contributed by atoms with Crippen molar-refractivity contribution in [3.63, 3.8) is 0 Å². The van der Waals surface area contributed by atoms with Gasteiger partial charge in [0.25, 0.3) is 0 Å². The van der Waals surface area contributed by atoms with Crippen molar-refractivity contribution in [3.8, 4) is 0 Å². The first-order chi connectivity index (χ1) is 31.7. The molecule has 2 N–H and O–H groups in total. The zero-order chi connectivity index (χ0) is 48.8. The Hall–Kier alpha value is -1.68. The van der Waals surface area contributed by atoms with E-state index in [0.717, 1.165) is 17.6 Å². The molecule has 4 aliphatic rings. The monoisotopic (exact) mass is 943 g/mol. The molecule has 382 valence electrons. The quantitative estimate of drug-likeness (QED) is 0.0567. The number of aliphatic hydroxyl groups is 2. The molecule has 16 heteroatoms. The van der Waals surface area contributed by atoms with E-state index in [2.05, 4.69) is 20.8 Å². The van der Waals surface area contributed by atoms with E-state index in [4.69, 9.17) is 66.3 Å². The van der Waals surface area contributed by atoms with E-state index >= 15 is 0 Å². The molecule has 0 aromatic heterocycles. The van der Waals surface area contributed by atoms with Crippen LogP contribution in [0.15, 0.2) is 47.6 Å². The fourth-order valence-corrected chi connectivity index (χ4v) is 9.93. The SMILES string of the molecule is CC[C@H](OC)[C@@H](C)[C@H]1O[C@@H]1[C@H](O)[C@@H](C)/C=C/C=C(\C)[C@@H]1O[C@H](OC)[C@H](OC)[C@@H](OCCC[C@H](OC)[C@@H](C)[C@H]2O[C@@H]2[C@H](O)[C@@H](C)/C=C/C=C(\C)[C@@H]2O[C@@H](OC)[C@H](OC)[C@@H](OC)[C@@H]2OC)[C@@H]1OC. The third-order valence-corrected chi connectivity index (χ3v) is 14.3. The van der Waals surface area contributed by atoms with E-state index in [9.17, 15) is 10.2 Å². The second-order valence-electron chi connectivity index (χ2n) is 18.4. The molecule has 4 rings (SSSR count). The molecule has 16 nitrogen and oxygen atoms in total. The molecule has 0 bridgehead atoms. The van der Waals surface area contributed by atoms with Crippen molar-refractivity contribution in [3.05, 3.63) is 47.6 Å². The van der Waals surface area contributed by atoms with Crippen molar-refractivity contribution in [2.24, 2.45) is 23.7 Å². The fourth-order valence-electron chi connectivity index (χ4n) is 9.93. The average molecular weight is 943 g/mol. The van der Waals surface area contributed by atoms with Crippen LogP contribution in [-0.4, -0.2) is 191 Å². The van der Waals surface area contributed by atoms with Crippen LogP contribution in [0.3, 0.4) is 0 Å². The van der Waals surface area contributed by atoms with Crippen LogP contribution in [0, 0.1) is 23.7 Å². The van der Waals surface area contributed by atoms with Gasteiger partial charge >= 0.3 is 0 Å². The molecule has 0 unspecified atom stereocenters. The predicted octanol–water partition coefficient (Wildman–Crippen LogP) is 5.22. The van der Waals surface area contributed by atoms with E-state index in [1.807, 2.05) is 64.2 Å². The normalized spacial score (nSPS) is 36.8. The highest BCUT2D eigenvalue weighted by atomic mass is 16.7. The van der Waals surface area contributed by atoms with Gasteiger partial charge in [-0.3, -0.25) is 0 Å². The number of rotatable bonds is 29. The topological polar surface area (TPSA) is 176 Å². The van der Waals surface area contributed by atoms with Crippen LogP contribution in [-0.2, 0) is 66.3 Å². The Morgan fingerprint density at radius 3 is 1.32 bits per heavy atom. The summed E-state index contributed by atoms with van der Waals surface area (Å²) in [5, 5.41) is 22.4. The first-order valence-electron chi connectivity index (χ1n) is 23.7. The van der Waals surface area contributed by atoms with E-state index in [1.165, 1.54) is 0 Å². The molecule has 4 aliphatic heterocycles. The minimum absolute atomic E-state index is 0.0203. The summed E-state index contributed by atoms with van der Waals surface area (Å²) in [5.74, 6) is -0.0922. The lowest BCUT2D eigenvalue weighted by molar-refractivity contribution is -0.298. The maximum Gasteiger partial charge on any atom is 0.186 e. The highest BCUT2D eigenvalue weighted by molar-refractivity contribution is 5.21. The van der Waals surface area contributed by atoms with Gasteiger partial charge in [0.1, 0.15) is 61.0 Å². The van der Waals surface area contributed by atoms with Crippen molar-refractivity contribution in [1.82, 2.24) is 0 Å². The lowest BCUT2D eigenvalue weighted by atomic mass is 9.90. The van der Waals surface area contributed by atoms with E-state index < -0.39 is 73.6 Å². The van der Waals surface area contributed by atoms with E-state index in [0.29, 0.717) is 19.4 Å². The van der Waals surface area contributed by atoms with Gasteiger partial charge < -0.3 is 76.5 Å². The summed E-state index contributed by atoms with van der Waals surface area (Å²) < 4.78 is 83.2. The second-order valence-corrected chi connectivity index (χ2v) is 18.4. The Bertz CT molecular complexity index is 1520. The number of hydrogen-bond acceptors (Lipinski definition) is 16. The Kier molecular flexibility index (Phi) is 23.8. The van der Waals surface area contributed by atoms with Gasteiger partial charge in [-0.25, -0.2) is 0 Å². The molecule has 0 aliphatic carbocycles. The van der Waals surface area contributed by atoms with Crippen molar-refractivity contribution in [1.29, 1.82) is 0 Å². The van der Waals surface area contributed by atoms with Gasteiger partial charge in [0.05, 0.1) is 36.6 Å². The predicted molar refractivity (Wildman–Crippen MR) is 248 cm³/mol. The molecule has 0 radical (unpaired) electrons. The van der Waals surface area contributed by atoms with Crippen LogP contribution in [0.25, 0.3) is 0 Å². The maximum atomic E-state index is 11.3. The zero-order valence-electron chi connectivity index (χ0n) is 42.6. The molecule has 0 aromatic carbocycles. The van der Waals surface area contributed by atoms with Crippen LogP contribution >= 0.6 is 0 Å². The Morgan fingerprint density at radius 2 is 0.924 bits per heavy atom. The molecule has 4 saturated heterocycles. The van der Waals surface area contributed by atoms with Gasteiger partial charge in [0, 0.05) is 94.3 Å². The third kappa shape index (κ3) is 14.0. The summed E-state index contributed by atoms with van der Waals surface area (Å²) in [5.41, 5.74) is 1.83.